The first-order chi connectivity index (χ1) is 14.9. The van der Waals surface area contributed by atoms with Crippen LogP contribution in [0.3, 0.4) is 0 Å². The van der Waals surface area contributed by atoms with E-state index in [0.717, 1.165) is 57.6 Å². The third-order valence-electron chi connectivity index (χ3n) is 7.28. The highest BCUT2D eigenvalue weighted by atomic mass is 35.5. The van der Waals surface area contributed by atoms with Gasteiger partial charge in [-0.1, -0.05) is 23.7 Å². The zero-order chi connectivity index (χ0) is 22.0. The Balaban J connectivity index is 1.41. The molecule has 2 amide bonds. The van der Waals surface area contributed by atoms with Crippen molar-refractivity contribution in [2.45, 2.75) is 43.7 Å². The molecule has 7 nitrogen and oxygen atoms in total. The molecule has 3 saturated heterocycles. The van der Waals surface area contributed by atoms with Crippen molar-refractivity contribution in [3.8, 4) is 0 Å². The molecule has 170 valence electrons. The van der Waals surface area contributed by atoms with Gasteiger partial charge >= 0.3 is 6.09 Å². The van der Waals surface area contributed by atoms with Crippen LogP contribution in [0.4, 0.5) is 4.79 Å². The summed E-state index contributed by atoms with van der Waals surface area (Å²) in [5.41, 5.74) is 1.02. The van der Waals surface area contributed by atoms with E-state index in [1.807, 2.05) is 29.2 Å². The summed E-state index contributed by atoms with van der Waals surface area (Å²) >= 11 is 6.04. The SMILES string of the molecule is CN(C(=O)O)[C@@H]1CN(C(=O)C2CCN(C3CCOCC3)CC2)C[C@H]1c1ccc(Cl)cc1. The van der Waals surface area contributed by atoms with Crippen LogP contribution in [-0.4, -0.2) is 90.3 Å². The van der Waals surface area contributed by atoms with Gasteiger partial charge < -0.3 is 24.5 Å². The lowest BCUT2D eigenvalue weighted by Crippen LogP contribution is -2.47. The molecule has 0 aliphatic carbocycles. The molecule has 0 spiro atoms. The van der Waals surface area contributed by atoms with Crippen LogP contribution in [0.25, 0.3) is 0 Å². The number of carbonyl (C=O) groups is 2. The fourth-order valence-electron chi connectivity index (χ4n) is 5.36. The Morgan fingerprint density at radius 3 is 2.32 bits per heavy atom. The third kappa shape index (κ3) is 4.99. The van der Waals surface area contributed by atoms with Gasteiger partial charge in [0.25, 0.3) is 0 Å². The minimum atomic E-state index is -0.969. The highest BCUT2D eigenvalue weighted by Gasteiger charge is 2.42. The second-order valence-electron chi connectivity index (χ2n) is 9.02. The van der Waals surface area contributed by atoms with Crippen molar-refractivity contribution < 1.29 is 19.4 Å². The van der Waals surface area contributed by atoms with Gasteiger partial charge in [0.1, 0.15) is 0 Å². The molecule has 1 aromatic rings. The first kappa shape index (κ1) is 22.4. The Hall–Kier alpha value is -1.83. The number of rotatable bonds is 4. The van der Waals surface area contributed by atoms with E-state index in [2.05, 4.69) is 4.90 Å². The number of hydrogen-bond donors (Lipinski definition) is 1. The molecule has 1 aromatic carbocycles. The van der Waals surface area contributed by atoms with Crippen molar-refractivity contribution in [3.63, 3.8) is 0 Å². The van der Waals surface area contributed by atoms with Crippen molar-refractivity contribution in [1.29, 1.82) is 0 Å². The molecule has 3 aliphatic heterocycles. The third-order valence-corrected chi connectivity index (χ3v) is 7.54. The zero-order valence-electron chi connectivity index (χ0n) is 18.1. The van der Waals surface area contributed by atoms with Crippen LogP contribution in [-0.2, 0) is 9.53 Å². The number of likely N-dealkylation sites (tertiary alicyclic amines) is 2. The predicted molar refractivity (Wildman–Crippen MR) is 118 cm³/mol. The molecular weight excluding hydrogens is 418 g/mol. The van der Waals surface area contributed by atoms with Crippen molar-refractivity contribution in [1.82, 2.24) is 14.7 Å². The van der Waals surface area contributed by atoms with Gasteiger partial charge in [0, 0.05) is 56.3 Å². The van der Waals surface area contributed by atoms with E-state index in [9.17, 15) is 14.7 Å². The quantitative estimate of drug-likeness (QED) is 0.764. The molecule has 31 heavy (non-hydrogen) atoms. The number of carbonyl (C=O) groups excluding carboxylic acids is 1. The highest BCUT2D eigenvalue weighted by molar-refractivity contribution is 6.30. The Morgan fingerprint density at radius 1 is 1.06 bits per heavy atom. The number of benzene rings is 1. The summed E-state index contributed by atoms with van der Waals surface area (Å²) in [7, 11) is 1.59. The topological polar surface area (TPSA) is 73.3 Å². The van der Waals surface area contributed by atoms with E-state index in [0.29, 0.717) is 24.2 Å². The fourth-order valence-corrected chi connectivity index (χ4v) is 5.48. The van der Waals surface area contributed by atoms with E-state index in [1.54, 1.807) is 7.05 Å². The average molecular weight is 450 g/mol. The number of ether oxygens (including phenoxy) is 1. The smallest absolute Gasteiger partial charge is 0.407 e. The van der Waals surface area contributed by atoms with Crippen LogP contribution in [0.5, 0.6) is 0 Å². The molecule has 4 rings (SSSR count). The van der Waals surface area contributed by atoms with Gasteiger partial charge in [-0.15, -0.1) is 0 Å². The van der Waals surface area contributed by atoms with E-state index in [1.165, 1.54) is 4.90 Å². The molecule has 2 atom stereocenters. The highest BCUT2D eigenvalue weighted by Crippen LogP contribution is 2.34. The van der Waals surface area contributed by atoms with Crippen LogP contribution < -0.4 is 0 Å². The molecule has 1 N–H and O–H groups in total. The summed E-state index contributed by atoms with van der Waals surface area (Å²) in [5, 5.41) is 10.2. The van der Waals surface area contributed by atoms with E-state index in [-0.39, 0.29) is 23.8 Å². The summed E-state index contributed by atoms with van der Waals surface area (Å²) in [6.45, 7) is 4.56. The molecule has 0 aromatic heterocycles. The van der Waals surface area contributed by atoms with Gasteiger partial charge in [-0.25, -0.2) is 4.79 Å². The first-order valence-corrected chi connectivity index (χ1v) is 11.6. The summed E-state index contributed by atoms with van der Waals surface area (Å²) in [6.07, 6.45) is 2.94. The van der Waals surface area contributed by atoms with Gasteiger partial charge in [-0.3, -0.25) is 4.79 Å². The van der Waals surface area contributed by atoms with Gasteiger partial charge in [0.2, 0.25) is 5.91 Å². The van der Waals surface area contributed by atoms with E-state index < -0.39 is 6.09 Å². The van der Waals surface area contributed by atoms with Crippen LogP contribution in [0.15, 0.2) is 24.3 Å². The molecule has 3 fully saturated rings. The molecule has 0 saturated carbocycles. The predicted octanol–water partition coefficient (Wildman–Crippen LogP) is 3.14. The number of carboxylic acid groups (broad SMARTS) is 1. The summed E-state index contributed by atoms with van der Waals surface area (Å²) in [5.74, 6) is 0.146. The Bertz CT molecular complexity index is 776. The lowest BCUT2D eigenvalue weighted by molar-refractivity contribution is -0.136. The molecule has 3 heterocycles. The summed E-state index contributed by atoms with van der Waals surface area (Å²) in [6, 6.07) is 7.85. The average Bonchev–Trinajstić information content (AvgIpc) is 3.24. The molecule has 0 unspecified atom stereocenters. The van der Waals surface area contributed by atoms with Gasteiger partial charge in [-0.2, -0.15) is 0 Å². The maximum atomic E-state index is 13.4. The van der Waals surface area contributed by atoms with E-state index in [4.69, 9.17) is 16.3 Å². The molecule has 0 radical (unpaired) electrons. The van der Waals surface area contributed by atoms with Crippen LogP contribution in [0, 0.1) is 5.92 Å². The number of hydrogen-bond acceptors (Lipinski definition) is 4. The number of nitrogens with zero attached hydrogens (tertiary/aromatic N) is 3. The minimum Gasteiger partial charge on any atom is -0.465 e. The van der Waals surface area contributed by atoms with Crippen molar-refractivity contribution in [2.75, 3.05) is 46.4 Å². The standard InChI is InChI=1S/C23H32ClN3O4/c1-25(23(29)30)21-15-27(14-20(21)16-2-4-18(24)5-3-16)22(28)17-6-10-26(11-7-17)19-8-12-31-13-9-19/h2-5,17,19-21H,6-15H2,1H3,(H,29,30)/t20-,21+/m0/s1. The number of halogens is 1. The molecule has 0 bridgehead atoms. The largest absolute Gasteiger partial charge is 0.465 e. The van der Waals surface area contributed by atoms with Crippen LogP contribution in [0.1, 0.15) is 37.2 Å². The molecule has 3 aliphatic rings. The number of amides is 2. The Morgan fingerprint density at radius 2 is 1.71 bits per heavy atom. The van der Waals surface area contributed by atoms with Crippen molar-refractivity contribution in [2.24, 2.45) is 5.92 Å². The molecule has 8 heteroatoms. The van der Waals surface area contributed by atoms with E-state index >= 15 is 0 Å². The second-order valence-corrected chi connectivity index (χ2v) is 9.45. The number of piperidine rings is 1. The minimum absolute atomic E-state index is 0.0239. The summed E-state index contributed by atoms with van der Waals surface area (Å²) in [4.78, 5) is 30.8. The second kappa shape index (κ2) is 9.76. The maximum Gasteiger partial charge on any atom is 0.407 e. The molecular formula is C23H32ClN3O4. The van der Waals surface area contributed by atoms with Crippen molar-refractivity contribution in [3.05, 3.63) is 34.9 Å². The van der Waals surface area contributed by atoms with Crippen LogP contribution in [0.2, 0.25) is 5.02 Å². The summed E-state index contributed by atoms with van der Waals surface area (Å²) < 4.78 is 5.48. The lowest BCUT2D eigenvalue weighted by Gasteiger charge is -2.39. The van der Waals surface area contributed by atoms with Crippen molar-refractivity contribution >= 4 is 23.6 Å². The lowest BCUT2D eigenvalue weighted by atomic mass is 9.92. The van der Waals surface area contributed by atoms with Gasteiger partial charge in [-0.05, 0) is 56.5 Å². The number of likely N-dealkylation sites (N-methyl/N-ethyl adjacent to an activating group) is 1. The Labute approximate surface area is 188 Å². The maximum absolute atomic E-state index is 13.4. The van der Waals surface area contributed by atoms with Gasteiger partial charge in [0.05, 0.1) is 6.04 Å². The first-order valence-electron chi connectivity index (χ1n) is 11.3. The monoisotopic (exact) mass is 449 g/mol. The normalized spacial score (nSPS) is 26.2. The fraction of sp³-hybridized carbons (Fsp3) is 0.652. The van der Waals surface area contributed by atoms with Gasteiger partial charge in [0.15, 0.2) is 0 Å². The van der Waals surface area contributed by atoms with Crippen LogP contribution >= 0.6 is 11.6 Å². The Kier molecular flexibility index (Phi) is 7.04. The zero-order valence-corrected chi connectivity index (χ0v) is 18.8.